The van der Waals surface area contributed by atoms with Crippen molar-refractivity contribution in [3.8, 4) is 0 Å². The van der Waals surface area contributed by atoms with Crippen molar-refractivity contribution in [2.45, 2.75) is 25.8 Å². The number of carbonyl (C=O) groups is 2. The lowest BCUT2D eigenvalue weighted by Gasteiger charge is -2.36. The normalized spacial score (nSPS) is 24.7. The average Bonchev–Trinajstić information content (AvgIpc) is 2.84. The van der Waals surface area contributed by atoms with Gasteiger partial charge in [0, 0.05) is 28.8 Å². The Hall–Kier alpha value is -1.56. The minimum Gasteiger partial charge on any atom is -0.398 e. The molecule has 2 saturated heterocycles. The minimum atomic E-state index is -0.0625. The molecule has 0 aromatic heterocycles. The second-order valence-electron chi connectivity index (χ2n) is 5.73. The zero-order valence-electron chi connectivity index (χ0n) is 11.9. The van der Waals surface area contributed by atoms with Crippen LogP contribution in [0, 0.1) is 12.8 Å². The highest BCUT2D eigenvalue weighted by Crippen LogP contribution is 2.30. The molecule has 2 atom stereocenters. The van der Waals surface area contributed by atoms with Gasteiger partial charge in [0.25, 0.3) is 5.91 Å². The number of halogens is 1. The molecule has 2 amide bonds. The van der Waals surface area contributed by atoms with Gasteiger partial charge in [-0.3, -0.25) is 9.59 Å². The second-order valence-corrected chi connectivity index (χ2v) is 6.64. The lowest BCUT2D eigenvalue weighted by atomic mass is 9.90. The Bertz CT molecular complexity index is 617. The molecule has 112 valence electrons. The molecule has 2 unspecified atom stereocenters. The summed E-state index contributed by atoms with van der Waals surface area (Å²) in [5.41, 5.74) is 7.96. The van der Waals surface area contributed by atoms with E-state index in [4.69, 9.17) is 5.73 Å². The zero-order chi connectivity index (χ0) is 15.1. The van der Waals surface area contributed by atoms with Gasteiger partial charge < -0.3 is 16.0 Å². The Labute approximate surface area is 132 Å². The van der Waals surface area contributed by atoms with E-state index in [0.29, 0.717) is 24.3 Å². The molecule has 2 aliphatic rings. The fraction of sp³-hybridized carbons (Fsp3) is 0.467. The topological polar surface area (TPSA) is 75.4 Å². The van der Waals surface area contributed by atoms with Crippen LogP contribution in [-0.4, -0.2) is 35.8 Å². The number of rotatable bonds is 1. The number of nitrogens with two attached hydrogens (primary N) is 1. The van der Waals surface area contributed by atoms with Crippen LogP contribution in [0.1, 0.15) is 28.8 Å². The Morgan fingerprint density at radius 2 is 2.24 bits per heavy atom. The smallest absolute Gasteiger partial charge is 0.254 e. The first-order valence-electron chi connectivity index (χ1n) is 7.13. The monoisotopic (exact) mass is 351 g/mol. The van der Waals surface area contributed by atoms with Crippen molar-refractivity contribution in [2.75, 3.05) is 18.8 Å². The number of nitrogen functional groups attached to an aromatic ring is 1. The molecule has 2 fully saturated rings. The van der Waals surface area contributed by atoms with Crippen LogP contribution < -0.4 is 11.1 Å². The number of fused-ring (bicyclic) bond motifs is 1. The van der Waals surface area contributed by atoms with E-state index in [1.54, 1.807) is 6.07 Å². The minimum absolute atomic E-state index is 0.0293. The van der Waals surface area contributed by atoms with Crippen molar-refractivity contribution < 1.29 is 9.59 Å². The fourth-order valence-electron chi connectivity index (χ4n) is 3.28. The summed E-state index contributed by atoms with van der Waals surface area (Å²) in [6.45, 7) is 3.10. The van der Waals surface area contributed by atoms with Gasteiger partial charge in [0.2, 0.25) is 5.91 Å². The number of hydrogen-bond donors (Lipinski definition) is 2. The molecule has 0 saturated carbocycles. The number of likely N-dealkylation sites (tertiary alicyclic amines) is 1. The molecular weight excluding hydrogens is 334 g/mol. The van der Waals surface area contributed by atoms with Crippen LogP contribution in [0.15, 0.2) is 16.6 Å². The number of anilines is 1. The van der Waals surface area contributed by atoms with Crippen molar-refractivity contribution in [2.24, 2.45) is 5.92 Å². The molecule has 5 nitrogen and oxygen atoms in total. The number of benzene rings is 1. The first-order valence-corrected chi connectivity index (χ1v) is 7.92. The van der Waals surface area contributed by atoms with Crippen LogP contribution in [0.4, 0.5) is 5.69 Å². The van der Waals surface area contributed by atoms with E-state index in [0.717, 1.165) is 22.9 Å². The van der Waals surface area contributed by atoms with Gasteiger partial charge in [-0.25, -0.2) is 0 Å². The number of piperidine rings is 1. The zero-order valence-corrected chi connectivity index (χ0v) is 13.4. The Balaban J connectivity index is 1.93. The summed E-state index contributed by atoms with van der Waals surface area (Å²) >= 11 is 3.39. The Kier molecular flexibility index (Phi) is 3.65. The fourth-order valence-corrected chi connectivity index (χ4v) is 3.76. The molecule has 1 aromatic carbocycles. The van der Waals surface area contributed by atoms with E-state index >= 15 is 0 Å². The first kappa shape index (κ1) is 14.4. The van der Waals surface area contributed by atoms with E-state index < -0.39 is 0 Å². The van der Waals surface area contributed by atoms with Crippen LogP contribution in [0.5, 0.6) is 0 Å². The summed E-state index contributed by atoms with van der Waals surface area (Å²) in [7, 11) is 0. The lowest BCUT2D eigenvalue weighted by Crippen LogP contribution is -2.48. The Morgan fingerprint density at radius 1 is 1.48 bits per heavy atom. The number of nitrogens with zero attached hydrogens (tertiary/aromatic N) is 1. The quantitative estimate of drug-likeness (QED) is 0.756. The van der Waals surface area contributed by atoms with Gasteiger partial charge in [-0.15, -0.1) is 0 Å². The molecule has 0 radical (unpaired) electrons. The third kappa shape index (κ3) is 2.41. The van der Waals surface area contributed by atoms with E-state index in [2.05, 4.69) is 21.2 Å². The van der Waals surface area contributed by atoms with Gasteiger partial charge in [0.1, 0.15) is 0 Å². The maximum Gasteiger partial charge on any atom is 0.254 e. The van der Waals surface area contributed by atoms with Crippen LogP contribution in [0.25, 0.3) is 0 Å². The highest BCUT2D eigenvalue weighted by atomic mass is 79.9. The summed E-state index contributed by atoms with van der Waals surface area (Å²) in [5.74, 6) is -0.0258. The standard InChI is InChI=1S/C15H18BrN3O2/c1-8-11(5-9(16)6-12(8)17)15(21)19-4-2-3-10-13(19)7-18-14(10)20/h5-6,10,13H,2-4,7,17H2,1H3,(H,18,20). The first-order chi connectivity index (χ1) is 9.99. The molecular formula is C15H18BrN3O2. The average molecular weight is 352 g/mol. The molecule has 3 rings (SSSR count). The van der Waals surface area contributed by atoms with Gasteiger partial charge >= 0.3 is 0 Å². The van der Waals surface area contributed by atoms with E-state index in [1.807, 2.05) is 17.9 Å². The summed E-state index contributed by atoms with van der Waals surface area (Å²) in [4.78, 5) is 26.5. The van der Waals surface area contributed by atoms with Crippen molar-refractivity contribution in [1.82, 2.24) is 10.2 Å². The molecule has 0 bridgehead atoms. The van der Waals surface area contributed by atoms with Crippen molar-refractivity contribution in [3.63, 3.8) is 0 Å². The van der Waals surface area contributed by atoms with Gasteiger partial charge in [-0.1, -0.05) is 15.9 Å². The van der Waals surface area contributed by atoms with E-state index in [1.165, 1.54) is 0 Å². The van der Waals surface area contributed by atoms with Crippen molar-refractivity contribution in [1.29, 1.82) is 0 Å². The second kappa shape index (κ2) is 5.33. The van der Waals surface area contributed by atoms with Crippen LogP contribution in [0.2, 0.25) is 0 Å². The molecule has 0 spiro atoms. The number of carbonyl (C=O) groups excluding carboxylic acids is 2. The maximum atomic E-state index is 12.9. The van der Waals surface area contributed by atoms with E-state index in [9.17, 15) is 9.59 Å². The summed E-state index contributed by atoms with van der Waals surface area (Å²) in [6, 6.07) is 3.58. The van der Waals surface area contributed by atoms with Crippen LogP contribution >= 0.6 is 15.9 Å². The highest BCUT2D eigenvalue weighted by Gasteiger charge is 2.42. The maximum absolute atomic E-state index is 12.9. The third-order valence-electron chi connectivity index (χ3n) is 4.51. The SMILES string of the molecule is Cc1c(N)cc(Br)cc1C(=O)N1CCCC2C(=O)NCC21. The van der Waals surface area contributed by atoms with Crippen LogP contribution in [0.3, 0.4) is 0 Å². The summed E-state index contributed by atoms with van der Waals surface area (Å²) in [5, 5.41) is 2.87. The van der Waals surface area contributed by atoms with Gasteiger partial charge in [-0.05, 0) is 37.5 Å². The van der Waals surface area contributed by atoms with Crippen LogP contribution in [-0.2, 0) is 4.79 Å². The molecule has 2 aliphatic heterocycles. The van der Waals surface area contributed by atoms with Crippen molar-refractivity contribution in [3.05, 3.63) is 27.7 Å². The lowest BCUT2D eigenvalue weighted by molar-refractivity contribution is -0.123. The van der Waals surface area contributed by atoms with Gasteiger partial charge in [0.15, 0.2) is 0 Å². The number of nitrogens with one attached hydrogen (secondary N) is 1. The molecule has 21 heavy (non-hydrogen) atoms. The molecule has 1 aromatic rings. The van der Waals surface area contributed by atoms with Crippen molar-refractivity contribution >= 4 is 33.4 Å². The summed E-state index contributed by atoms with van der Waals surface area (Å²) < 4.78 is 0.795. The summed E-state index contributed by atoms with van der Waals surface area (Å²) in [6.07, 6.45) is 1.72. The predicted octanol–water partition coefficient (Wildman–Crippen LogP) is 1.69. The molecule has 6 heteroatoms. The molecule has 2 heterocycles. The van der Waals surface area contributed by atoms with Gasteiger partial charge in [0.05, 0.1) is 12.0 Å². The third-order valence-corrected chi connectivity index (χ3v) is 4.96. The molecule has 0 aliphatic carbocycles. The van der Waals surface area contributed by atoms with E-state index in [-0.39, 0.29) is 23.8 Å². The van der Waals surface area contributed by atoms with Gasteiger partial charge in [-0.2, -0.15) is 0 Å². The highest BCUT2D eigenvalue weighted by molar-refractivity contribution is 9.10. The number of hydrogen-bond acceptors (Lipinski definition) is 3. The Morgan fingerprint density at radius 3 is 3.00 bits per heavy atom. The molecule has 3 N–H and O–H groups in total. The predicted molar refractivity (Wildman–Crippen MR) is 83.8 cm³/mol. The number of amides is 2. The largest absolute Gasteiger partial charge is 0.398 e.